The maximum absolute atomic E-state index is 13.4. The molecule has 2 aromatic carbocycles. The molecule has 1 N–H and O–H groups in total. The van der Waals surface area contributed by atoms with E-state index in [2.05, 4.69) is 23.3 Å². The third kappa shape index (κ3) is 3.19. The lowest BCUT2D eigenvalue weighted by molar-refractivity contribution is -0.136. The Balaban J connectivity index is 1.23. The molecule has 4 heterocycles. The first-order valence-electron chi connectivity index (χ1n) is 11.6. The van der Waals surface area contributed by atoms with Crippen LogP contribution in [0.3, 0.4) is 0 Å². The van der Waals surface area contributed by atoms with E-state index in [-0.39, 0.29) is 24.3 Å². The van der Waals surface area contributed by atoms with Crippen molar-refractivity contribution >= 4 is 35.1 Å². The van der Waals surface area contributed by atoms with Gasteiger partial charge in [-0.25, -0.2) is 4.79 Å². The van der Waals surface area contributed by atoms with Gasteiger partial charge in [-0.3, -0.25) is 34.4 Å². The number of nitrogens with zero attached hydrogens (tertiary/aromatic N) is 4. The molecule has 0 radical (unpaired) electrons. The van der Waals surface area contributed by atoms with Crippen LogP contribution < -0.4 is 15.1 Å². The van der Waals surface area contributed by atoms with Gasteiger partial charge in [0.05, 0.1) is 5.69 Å². The van der Waals surface area contributed by atoms with Crippen LogP contribution in [0, 0.1) is 0 Å². The number of carbonyl (C=O) groups excluding carboxylic acids is 4. The summed E-state index contributed by atoms with van der Waals surface area (Å²) in [6.45, 7) is 3.15. The van der Waals surface area contributed by atoms with Gasteiger partial charge >= 0.3 is 6.03 Å². The molecule has 0 saturated carbocycles. The van der Waals surface area contributed by atoms with Crippen molar-refractivity contribution in [2.45, 2.75) is 38.5 Å². The highest BCUT2D eigenvalue weighted by atomic mass is 16.2. The van der Waals surface area contributed by atoms with Crippen molar-refractivity contribution in [3.63, 3.8) is 0 Å². The predicted molar refractivity (Wildman–Crippen MR) is 124 cm³/mol. The zero-order valence-corrected chi connectivity index (χ0v) is 18.9. The van der Waals surface area contributed by atoms with Crippen molar-refractivity contribution in [3.05, 3.63) is 58.7 Å². The number of urea groups is 1. The average molecular weight is 460 g/mol. The topological polar surface area (TPSA) is 93.3 Å². The lowest BCUT2D eigenvalue weighted by Gasteiger charge is -2.29. The van der Waals surface area contributed by atoms with Gasteiger partial charge in [0, 0.05) is 50.4 Å². The molecular formula is C25H25N5O4. The van der Waals surface area contributed by atoms with Crippen LogP contribution in [-0.4, -0.2) is 59.7 Å². The van der Waals surface area contributed by atoms with Gasteiger partial charge < -0.3 is 4.90 Å². The van der Waals surface area contributed by atoms with Gasteiger partial charge in [-0.1, -0.05) is 12.1 Å². The van der Waals surface area contributed by atoms with Gasteiger partial charge in [-0.15, -0.1) is 0 Å². The van der Waals surface area contributed by atoms with Crippen molar-refractivity contribution in [3.8, 4) is 0 Å². The van der Waals surface area contributed by atoms with Gasteiger partial charge in [-0.2, -0.15) is 0 Å². The number of hydrogen-bond acceptors (Lipinski definition) is 5. The summed E-state index contributed by atoms with van der Waals surface area (Å²) in [6, 6.07) is 10.8. The molecule has 4 aliphatic rings. The first-order valence-corrected chi connectivity index (χ1v) is 11.6. The molecule has 0 aliphatic carbocycles. The first kappa shape index (κ1) is 20.9. The zero-order valence-electron chi connectivity index (χ0n) is 18.9. The number of imide groups is 1. The summed E-state index contributed by atoms with van der Waals surface area (Å²) in [6.07, 6.45) is 0.548. The summed E-state index contributed by atoms with van der Waals surface area (Å²) >= 11 is 0. The van der Waals surface area contributed by atoms with E-state index >= 15 is 0 Å². The van der Waals surface area contributed by atoms with Crippen molar-refractivity contribution in [1.29, 1.82) is 0 Å². The van der Waals surface area contributed by atoms with E-state index in [1.165, 1.54) is 16.0 Å². The largest absolute Gasteiger partial charge is 0.329 e. The molecule has 2 aromatic rings. The van der Waals surface area contributed by atoms with Gasteiger partial charge in [-0.05, 0) is 54.4 Å². The maximum atomic E-state index is 13.4. The third-order valence-electron chi connectivity index (χ3n) is 7.24. The highest BCUT2D eigenvalue weighted by Gasteiger charge is 2.40. The fraction of sp³-hybridized carbons (Fsp3) is 0.360. The summed E-state index contributed by atoms with van der Waals surface area (Å²) in [7, 11) is 2.08. The number of nitrogens with one attached hydrogen (secondary N) is 1. The Hall–Kier alpha value is -3.72. The number of piperidine rings is 1. The van der Waals surface area contributed by atoms with Crippen molar-refractivity contribution in [2.75, 3.05) is 29.9 Å². The van der Waals surface area contributed by atoms with E-state index in [4.69, 9.17) is 0 Å². The lowest BCUT2D eigenvalue weighted by Crippen LogP contribution is -2.52. The molecular weight excluding hydrogens is 434 g/mol. The normalized spacial score (nSPS) is 22.5. The summed E-state index contributed by atoms with van der Waals surface area (Å²) in [5.41, 5.74) is 5.51. The van der Waals surface area contributed by atoms with Gasteiger partial charge in [0.25, 0.3) is 5.91 Å². The highest BCUT2D eigenvalue weighted by molar-refractivity contribution is 6.08. The van der Waals surface area contributed by atoms with Crippen LogP contribution in [0.4, 0.5) is 16.2 Å². The molecule has 0 spiro atoms. The Morgan fingerprint density at radius 2 is 1.74 bits per heavy atom. The second-order valence-corrected chi connectivity index (χ2v) is 9.41. The predicted octanol–water partition coefficient (Wildman–Crippen LogP) is 1.84. The molecule has 5 amide bonds. The quantitative estimate of drug-likeness (QED) is 0.707. The van der Waals surface area contributed by atoms with E-state index in [1.807, 2.05) is 23.1 Å². The number of benzene rings is 2. The first-order chi connectivity index (χ1) is 16.4. The fourth-order valence-electron chi connectivity index (χ4n) is 5.55. The molecule has 1 unspecified atom stereocenters. The Morgan fingerprint density at radius 3 is 2.56 bits per heavy atom. The third-order valence-corrected chi connectivity index (χ3v) is 7.24. The molecule has 0 bridgehead atoms. The SMILES string of the molecule is CN1Cc2cccc(N3CCN(c4ccc5c(c4)CN(C4CCC(=O)NC4=O)C5=O)C3=O)c2C1. The van der Waals surface area contributed by atoms with Crippen LogP contribution >= 0.6 is 0 Å². The van der Waals surface area contributed by atoms with E-state index < -0.39 is 11.9 Å². The average Bonchev–Trinajstić information content (AvgIpc) is 3.47. The van der Waals surface area contributed by atoms with Crippen LogP contribution in [-0.2, 0) is 29.2 Å². The molecule has 6 rings (SSSR count). The van der Waals surface area contributed by atoms with Gasteiger partial charge in [0.15, 0.2) is 0 Å². The number of rotatable bonds is 3. The molecule has 34 heavy (non-hydrogen) atoms. The van der Waals surface area contributed by atoms with Crippen LogP contribution in [0.1, 0.15) is 39.9 Å². The maximum Gasteiger partial charge on any atom is 0.329 e. The van der Waals surface area contributed by atoms with Crippen LogP contribution in [0.2, 0.25) is 0 Å². The molecule has 174 valence electrons. The van der Waals surface area contributed by atoms with E-state index in [1.54, 1.807) is 17.0 Å². The lowest BCUT2D eigenvalue weighted by atomic mass is 10.0. The minimum atomic E-state index is -0.650. The van der Waals surface area contributed by atoms with Crippen molar-refractivity contribution in [2.24, 2.45) is 0 Å². The Labute approximate surface area is 196 Å². The summed E-state index contributed by atoms with van der Waals surface area (Å²) in [4.78, 5) is 57.5. The molecule has 0 aromatic heterocycles. The number of fused-ring (bicyclic) bond motifs is 2. The molecule has 9 heteroatoms. The zero-order chi connectivity index (χ0) is 23.6. The number of hydrogen-bond donors (Lipinski definition) is 1. The van der Waals surface area contributed by atoms with E-state index in [0.717, 1.165) is 30.0 Å². The Kier molecular flexibility index (Phi) is 4.70. The van der Waals surface area contributed by atoms with Gasteiger partial charge in [0.2, 0.25) is 11.8 Å². The summed E-state index contributed by atoms with van der Waals surface area (Å²) < 4.78 is 0. The number of amides is 5. The van der Waals surface area contributed by atoms with E-state index in [9.17, 15) is 19.2 Å². The van der Waals surface area contributed by atoms with Crippen molar-refractivity contribution in [1.82, 2.24) is 15.1 Å². The smallest absolute Gasteiger partial charge is 0.322 e. The molecule has 2 saturated heterocycles. The van der Waals surface area contributed by atoms with Gasteiger partial charge in [0.1, 0.15) is 6.04 Å². The van der Waals surface area contributed by atoms with Crippen molar-refractivity contribution < 1.29 is 19.2 Å². The Morgan fingerprint density at radius 1 is 0.912 bits per heavy atom. The minimum absolute atomic E-state index is 0.0748. The molecule has 2 fully saturated rings. The fourth-order valence-corrected chi connectivity index (χ4v) is 5.55. The second kappa shape index (κ2) is 7.66. The minimum Gasteiger partial charge on any atom is -0.322 e. The standard InChI is InChI=1S/C25H25N5O4/c1-27-12-15-3-2-4-20(19(15)14-27)29-10-9-28(25(29)34)17-5-6-18-16(11-17)13-30(24(18)33)21-7-8-22(31)26-23(21)32/h2-6,11,21H,7-10,12-14H2,1H3,(H,26,31,32). The van der Waals surface area contributed by atoms with Crippen LogP contribution in [0.5, 0.6) is 0 Å². The highest BCUT2D eigenvalue weighted by Crippen LogP contribution is 2.35. The number of anilines is 2. The molecule has 9 nitrogen and oxygen atoms in total. The summed E-state index contributed by atoms with van der Waals surface area (Å²) in [5, 5.41) is 2.32. The summed E-state index contributed by atoms with van der Waals surface area (Å²) in [5.74, 6) is -0.945. The second-order valence-electron chi connectivity index (χ2n) is 9.41. The molecule has 4 aliphatic heterocycles. The number of carbonyl (C=O) groups is 4. The van der Waals surface area contributed by atoms with Crippen LogP contribution in [0.15, 0.2) is 36.4 Å². The Bertz CT molecular complexity index is 1260. The molecule has 1 atom stereocenters. The van der Waals surface area contributed by atoms with Crippen LogP contribution in [0.25, 0.3) is 0 Å². The van der Waals surface area contributed by atoms with E-state index in [0.29, 0.717) is 31.6 Å². The monoisotopic (exact) mass is 459 g/mol.